The smallest absolute Gasteiger partial charge is 0.307 e. The number of carbonyl (C=O) groups is 1. The van der Waals surface area contributed by atoms with Crippen molar-refractivity contribution in [3.63, 3.8) is 0 Å². The number of benzene rings is 2. The normalized spacial score (nSPS) is 12.6. The van der Waals surface area contributed by atoms with Gasteiger partial charge in [-0.05, 0) is 31.8 Å². The molecule has 1 heterocycles. The first-order chi connectivity index (χ1) is 15.4. The number of ether oxygens (including phenoxy) is 1. The van der Waals surface area contributed by atoms with Crippen LogP contribution in [-0.2, 0) is 17.8 Å². The predicted octanol–water partition coefficient (Wildman–Crippen LogP) is 5.02. The monoisotopic (exact) mass is 440 g/mol. The highest BCUT2D eigenvalue weighted by molar-refractivity contribution is 5.94. The van der Waals surface area contributed by atoms with Crippen LogP contribution in [0.2, 0.25) is 0 Å². The maximum absolute atomic E-state index is 15.1. The molecule has 0 unspecified atom stereocenters. The van der Waals surface area contributed by atoms with Crippen molar-refractivity contribution in [2.24, 2.45) is 10.7 Å². The molecule has 1 aromatic heterocycles. The second kappa shape index (κ2) is 10.0. The van der Waals surface area contributed by atoms with E-state index in [9.17, 15) is 4.79 Å². The van der Waals surface area contributed by atoms with E-state index in [0.717, 1.165) is 0 Å². The zero-order valence-electron chi connectivity index (χ0n) is 17.4. The van der Waals surface area contributed by atoms with Gasteiger partial charge in [0.15, 0.2) is 5.83 Å². The standard InChI is InChI=1S/C24H22F2N2O4/c1-3-16(23(26)19(12-27)28-2)18-10-15(22(25)17-8-9-31-24(17)18)13-32-20-7-5-4-6-14(20)11-21(29)30/h3-10H,2,11-13,27H2,1H3,(H,29,30)/b16-3-,23-19+. The third-order valence-corrected chi connectivity index (χ3v) is 4.90. The first kappa shape index (κ1) is 22.9. The van der Waals surface area contributed by atoms with E-state index < -0.39 is 17.6 Å². The quantitative estimate of drug-likeness (QED) is 0.360. The van der Waals surface area contributed by atoms with Gasteiger partial charge in [0.25, 0.3) is 0 Å². The predicted molar refractivity (Wildman–Crippen MR) is 119 cm³/mol. The molecule has 0 saturated carbocycles. The summed E-state index contributed by atoms with van der Waals surface area (Å²) in [6, 6.07) is 9.50. The lowest BCUT2D eigenvalue weighted by atomic mass is 9.98. The van der Waals surface area contributed by atoms with Crippen LogP contribution in [0, 0.1) is 5.82 Å². The molecule has 0 atom stereocenters. The summed E-state index contributed by atoms with van der Waals surface area (Å²) in [5, 5.41) is 9.24. The number of aliphatic imine (C=N–C) groups is 1. The molecular weight excluding hydrogens is 418 g/mol. The number of aliphatic carboxylic acids is 1. The van der Waals surface area contributed by atoms with Crippen LogP contribution in [0.3, 0.4) is 0 Å². The number of hydrogen-bond donors (Lipinski definition) is 2. The van der Waals surface area contributed by atoms with Crippen LogP contribution in [0.1, 0.15) is 23.6 Å². The molecule has 166 valence electrons. The van der Waals surface area contributed by atoms with Crippen molar-refractivity contribution >= 4 is 29.2 Å². The number of furan rings is 1. The Kier molecular flexibility index (Phi) is 7.17. The molecule has 0 bridgehead atoms. The molecule has 0 aliphatic heterocycles. The fourth-order valence-electron chi connectivity index (χ4n) is 3.36. The Labute approximate surface area is 183 Å². The summed E-state index contributed by atoms with van der Waals surface area (Å²) in [6.07, 6.45) is 2.59. The van der Waals surface area contributed by atoms with Gasteiger partial charge in [0.2, 0.25) is 0 Å². The van der Waals surface area contributed by atoms with Gasteiger partial charge < -0.3 is 20.0 Å². The minimum Gasteiger partial charge on any atom is -0.488 e. The largest absolute Gasteiger partial charge is 0.488 e. The van der Waals surface area contributed by atoms with Crippen molar-refractivity contribution < 1.29 is 27.8 Å². The van der Waals surface area contributed by atoms with E-state index in [0.29, 0.717) is 16.9 Å². The Morgan fingerprint density at radius 2 is 2.06 bits per heavy atom. The van der Waals surface area contributed by atoms with Crippen LogP contribution in [-0.4, -0.2) is 24.3 Å². The molecule has 3 aromatic rings. The minimum absolute atomic E-state index is 0.0393. The van der Waals surface area contributed by atoms with Gasteiger partial charge in [0.1, 0.15) is 23.8 Å². The number of fused-ring (bicyclic) bond motifs is 1. The number of para-hydroxylation sites is 1. The fraction of sp³-hybridized carbons (Fsp3) is 0.167. The number of rotatable bonds is 9. The lowest BCUT2D eigenvalue weighted by Gasteiger charge is -2.14. The second-order valence-electron chi connectivity index (χ2n) is 6.85. The molecule has 0 fully saturated rings. The van der Waals surface area contributed by atoms with E-state index in [1.165, 1.54) is 24.5 Å². The van der Waals surface area contributed by atoms with E-state index in [1.807, 2.05) is 0 Å². The molecule has 2 aromatic carbocycles. The molecular formula is C24H22F2N2O4. The fourth-order valence-corrected chi connectivity index (χ4v) is 3.36. The van der Waals surface area contributed by atoms with E-state index in [2.05, 4.69) is 11.7 Å². The van der Waals surface area contributed by atoms with Crippen molar-refractivity contribution in [1.29, 1.82) is 0 Å². The van der Waals surface area contributed by atoms with Gasteiger partial charge in [-0.1, -0.05) is 24.3 Å². The summed E-state index contributed by atoms with van der Waals surface area (Å²) < 4.78 is 41.4. The average molecular weight is 440 g/mol. The van der Waals surface area contributed by atoms with Gasteiger partial charge in [-0.15, -0.1) is 0 Å². The van der Waals surface area contributed by atoms with E-state index in [-0.39, 0.29) is 47.4 Å². The van der Waals surface area contributed by atoms with Crippen LogP contribution >= 0.6 is 0 Å². The van der Waals surface area contributed by atoms with Crippen LogP contribution < -0.4 is 10.5 Å². The molecule has 3 N–H and O–H groups in total. The van der Waals surface area contributed by atoms with Crippen LogP contribution in [0.25, 0.3) is 16.5 Å². The van der Waals surface area contributed by atoms with Crippen LogP contribution in [0.4, 0.5) is 8.78 Å². The summed E-state index contributed by atoms with van der Waals surface area (Å²) in [7, 11) is 0. The van der Waals surface area contributed by atoms with Gasteiger partial charge in [0.05, 0.1) is 23.8 Å². The van der Waals surface area contributed by atoms with Crippen LogP contribution in [0.5, 0.6) is 5.75 Å². The summed E-state index contributed by atoms with van der Waals surface area (Å²) in [5.74, 6) is -1.95. The Balaban J connectivity index is 2.06. The molecule has 0 spiro atoms. The molecule has 8 heteroatoms. The zero-order valence-corrected chi connectivity index (χ0v) is 17.4. The number of allylic oxidation sites excluding steroid dienone is 3. The first-order valence-corrected chi connectivity index (χ1v) is 9.74. The highest BCUT2D eigenvalue weighted by Crippen LogP contribution is 2.36. The molecule has 3 rings (SSSR count). The SMILES string of the molecule is C=N/C(CN)=C(F)\C(=C/C)c1cc(COc2ccccc2CC(=O)O)c(F)c2ccoc12. The lowest BCUT2D eigenvalue weighted by Crippen LogP contribution is -2.06. The van der Waals surface area contributed by atoms with E-state index in [1.54, 1.807) is 31.2 Å². The Morgan fingerprint density at radius 3 is 2.72 bits per heavy atom. The zero-order chi connectivity index (χ0) is 23.3. The van der Waals surface area contributed by atoms with E-state index >= 15 is 8.78 Å². The topological polar surface area (TPSA) is 98.1 Å². The number of nitrogens with zero attached hydrogens (tertiary/aromatic N) is 1. The van der Waals surface area contributed by atoms with Crippen molar-refractivity contribution in [3.05, 3.63) is 82.8 Å². The number of nitrogens with two attached hydrogens (primary N) is 1. The average Bonchev–Trinajstić information content (AvgIpc) is 3.27. The van der Waals surface area contributed by atoms with Crippen LogP contribution in [0.15, 0.2) is 69.7 Å². The summed E-state index contributed by atoms with van der Waals surface area (Å²) in [5.41, 5.74) is 6.72. The molecule has 0 aliphatic rings. The van der Waals surface area contributed by atoms with Gasteiger partial charge in [0, 0.05) is 28.8 Å². The van der Waals surface area contributed by atoms with Crippen molar-refractivity contribution in [3.8, 4) is 5.75 Å². The molecule has 6 nitrogen and oxygen atoms in total. The van der Waals surface area contributed by atoms with Gasteiger partial charge in [-0.3, -0.25) is 9.79 Å². The van der Waals surface area contributed by atoms with Crippen molar-refractivity contribution in [2.75, 3.05) is 6.54 Å². The van der Waals surface area contributed by atoms with Gasteiger partial charge in [-0.25, -0.2) is 8.78 Å². The maximum Gasteiger partial charge on any atom is 0.307 e. The Morgan fingerprint density at radius 1 is 1.31 bits per heavy atom. The third-order valence-electron chi connectivity index (χ3n) is 4.90. The third kappa shape index (κ3) is 4.60. The maximum atomic E-state index is 15.1. The van der Waals surface area contributed by atoms with Crippen molar-refractivity contribution in [1.82, 2.24) is 0 Å². The molecule has 0 aliphatic carbocycles. The molecule has 0 amide bonds. The van der Waals surface area contributed by atoms with Gasteiger partial charge >= 0.3 is 5.97 Å². The number of carboxylic acid groups (broad SMARTS) is 1. The lowest BCUT2D eigenvalue weighted by molar-refractivity contribution is -0.136. The molecule has 0 saturated heterocycles. The van der Waals surface area contributed by atoms with Gasteiger partial charge in [-0.2, -0.15) is 0 Å². The number of hydrogen-bond acceptors (Lipinski definition) is 5. The number of carboxylic acids is 1. The second-order valence-corrected chi connectivity index (χ2v) is 6.85. The Bertz CT molecular complexity index is 1230. The summed E-state index contributed by atoms with van der Waals surface area (Å²) in [4.78, 5) is 14.7. The highest BCUT2D eigenvalue weighted by Gasteiger charge is 2.21. The number of halogens is 2. The van der Waals surface area contributed by atoms with Crippen molar-refractivity contribution in [2.45, 2.75) is 20.0 Å². The highest BCUT2D eigenvalue weighted by atomic mass is 19.1. The first-order valence-electron chi connectivity index (χ1n) is 9.74. The van der Waals surface area contributed by atoms with E-state index in [4.69, 9.17) is 20.0 Å². The summed E-state index contributed by atoms with van der Waals surface area (Å²) in [6.45, 7) is 4.60. The summed E-state index contributed by atoms with van der Waals surface area (Å²) >= 11 is 0. The molecule has 0 radical (unpaired) electrons. The Hall–Kier alpha value is -3.78. The molecule has 32 heavy (non-hydrogen) atoms. The minimum atomic E-state index is -1.01.